The van der Waals surface area contributed by atoms with Crippen molar-refractivity contribution in [1.82, 2.24) is 15.5 Å². The summed E-state index contributed by atoms with van der Waals surface area (Å²) in [7, 11) is 3.53. The molecule has 0 aliphatic carbocycles. The van der Waals surface area contributed by atoms with E-state index < -0.39 is 0 Å². The van der Waals surface area contributed by atoms with E-state index in [0.29, 0.717) is 19.8 Å². The third-order valence-corrected chi connectivity index (χ3v) is 5.04. The van der Waals surface area contributed by atoms with Crippen LogP contribution >= 0.6 is 0 Å². The summed E-state index contributed by atoms with van der Waals surface area (Å²) in [5.41, 5.74) is 2.34. The minimum absolute atomic E-state index is 0.661. The molecule has 1 aliphatic rings. The fourth-order valence-electron chi connectivity index (χ4n) is 3.40. The fourth-order valence-corrected chi connectivity index (χ4v) is 3.40. The average molecular weight is 391 g/mol. The van der Waals surface area contributed by atoms with Gasteiger partial charge in [0, 0.05) is 45.8 Å². The van der Waals surface area contributed by atoms with Crippen LogP contribution in [0, 0.1) is 6.92 Å². The lowest BCUT2D eigenvalue weighted by Gasteiger charge is -2.16. The Labute approximate surface area is 170 Å². The first-order valence-electron chi connectivity index (χ1n) is 10.6. The molecule has 1 aromatic rings. The summed E-state index contributed by atoms with van der Waals surface area (Å²) in [6, 6.07) is 6.34. The van der Waals surface area contributed by atoms with Gasteiger partial charge >= 0.3 is 0 Å². The van der Waals surface area contributed by atoms with Crippen molar-refractivity contribution in [3.8, 4) is 5.75 Å². The number of rotatable bonds is 12. The fraction of sp³-hybridized carbons (Fsp3) is 0.682. The summed E-state index contributed by atoms with van der Waals surface area (Å²) in [5.74, 6) is 1.77. The minimum atomic E-state index is 0.661. The van der Waals surface area contributed by atoms with Crippen LogP contribution < -0.4 is 15.4 Å². The van der Waals surface area contributed by atoms with E-state index in [0.717, 1.165) is 36.7 Å². The molecular formula is C22H38N4O2. The Morgan fingerprint density at radius 2 is 1.93 bits per heavy atom. The number of guanidine groups is 1. The normalized spacial score (nSPS) is 15.0. The van der Waals surface area contributed by atoms with Crippen molar-refractivity contribution in [2.24, 2.45) is 4.99 Å². The smallest absolute Gasteiger partial charge is 0.191 e. The number of aryl methyl sites for hydroxylation is 1. The SMILES string of the molecule is CN=C(NCCCCN1CCCC1)NCc1ccc(C)cc1OCCCOC. The van der Waals surface area contributed by atoms with Gasteiger partial charge in [-0.05, 0) is 63.9 Å². The number of ether oxygens (including phenoxy) is 2. The number of hydrogen-bond acceptors (Lipinski definition) is 4. The van der Waals surface area contributed by atoms with Gasteiger partial charge in [0.2, 0.25) is 0 Å². The Balaban J connectivity index is 1.71. The topological polar surface area (TPSA) is 58.1 Å². The van der Waals surface area contributed by atoms with E-state index in [2.05, 4.69) is 45.6 Å². The second-order valence-electron chi connectivity index (χ2n) is 7.41. The highest BCUT2D eigenvalue weighted by Gasteiger charge is 2.10. The third-order valence-electron chi connectivity index (χ3n) is 5.04. The highest BCUT2D eigenvalue weighted by molar-refractivity contribution is 5.79. The molecule has 6 heteroatoms. The highest BCUT2D eigenvalue weighted by Crippen LogP contribution is 2.20. The lowest BCUT2D eigenvalue weighted by Crippen LogP contribution is -2.37. The number of likely N-dealkylation sites (tertiary alicyclic amines) is 1. The molecule has 158 valence electrons. The Kier molecular flexibility index (Phi) is 10.8. The van der Waals surface area contributed by atoms with E-state index in [-0.39, 0.29) is 0 Å². The van der Waals surface area contributed by atoms with Crippen molar-refractivity contribution in [3.05, 3.63) is 29.3 Å². The van der Waals surface area contributed by atoms with Crippen LogP contribution in [-0.2, 0) is 11.3 Å². The van der Waals surface area contributed by atoms with E-state index in [4.69, 9.17) is 9.47 Å². The van der Waals surface area contributed by atoms with E-state index in [9.17, 15) is 0 Å². The first-order chi connectivity index (χ1) is 13.7. The van der Waals surface area contributed by atoms with Crippen LogP contribution in [0.5, 0.6) is 5.75 Å². The van der Waals surface area contributed by atoms with Crippen molar-refractivity contribution >= 4 is 5.96 Å². The summed E-state index contributed by atoms with van der Waals surface area (Å²) in [6.07, 6.45) is 6.02. The van der Waals surface area contributed by atoms with Gasteiger partial charge in [-0.25, -0.2) is 0 Å². The van der Waals surface area contributed by atoms with Crippen LogP contribution in [-0.4, -0.2) is 64.4 Å². The molecule has 1 saturated heterocycles. The van der Waals surface area contributed by atoms with Crippen LogP contribution in [0.2, 0.25) is 0 Å². The molecule has 1 aromatic carbocycles. The van der Waals surface area contributed by atoms with Gasteiger partial charge in [0.15, 0.2) is 5.96 Å². The Morgan fingerprint density at radius 1 is 1.11 bits per heavy atom. The monoisotopic (exact) mass is 390 g/mol. The average Bonchev–Trinajstić information content (AvgIpc) is 3.22. The zero-order valence-electron chi connectivity index (χ0n) is 17.9. The van der Waals surface area contributed by atoms with Crippen molar-refractivity contribution in [3.63, 3.8) is 0 Å². The molecule has 2 N–H and O–H groups in total. The molecule has 6 nitrogen and oxygen atoms in total. The summed E-state index contributed by atoms with van der Waals surface area (Å²) < 4.78 is 11.1. The van der Waals surface area contributed by atoms with E-state index in [1.165, 1.54) is 44.5 Å². The number of hydrogen-bond donors (Lipinski definition) is 2. The van der Waals surface area contributed by atoms with Gasteiger partial charge in [0.25, 0.3) is 0 Å². The molecule has 0 radical (unpaired) electrons. The van der Waals surface area contributed by atoms with E-state index in [1.54, 1.807) is 7.11 Å². The molecule has 1 heterocycles. The lowest BCUT2D eigenvalue weighted by atomic mass is 10.1. The lowest BCUT2D eigenvalue weighted by molar-refractivity contribution is 0.172. The molecule has 0 unspecified atom stereocenters. The summed E-state index contributed by atoms with van der Waals surface area (Å²) in [6.45, 7) is 8.88. The van der Waals surface area contributed by atoms with Crippen LogP contribution in [0.1, 0.15) is 43.2 Å². The molecule has 2 rings (SSSR count). The maximum atomic E-state index is 5.96. The van der Waals surface area contributed by atoms with Crippen LogP contribution in [0.25, 0.3) is 0 Å². The first-order valence-corrected chi connectivity index (χ1v) is 10.6. The molecule has 0 saturated carbocycles. The van der Waals surface area contributed by atoms with Gasteiger partial charge in [0.05, 0.1) is 6.61 Å². The molecular weight excluding hydrogens is 352 g/mol. The van der Waals surface area contributed by atoms with E-state index >= 15 is 0 Å². The predicted octanol–water partition coefficient (Wildman–Crippen LogP) is 2.95. The van der Waals surface area contributed by atoms with Crippen molar-refractivity contribution < 1.29 is 9.47 Å². The predicted molar refractivity (Wildman–Crippen MR) is 116 cm³/mol. The number of unbranched alkanes of at least 4 members (excludes halogenated alkanes) is 1. The Morgan fingerprint density at radius 3 is 2.68 bits per heavy atom. The molecule has 0 spiro atoms. The Hall–Kier alpha value is -1.79. The van der Waals surface area contributed by atoms with Gasteiger partial charge < -0.3 is 25.0 Å². The molecule has 1 aliphatic heterocycles. The zero-order valence-corrected chi connectivity index (χ0v) is 17.9. The maximum absolute atomic E-state index is 5.96. The molecule has 0 atom stereocenters. The maximum Gasteiger partial charge on any atom is 0.191 e. The van der Waals surface area contributed by atoms with Gasteiger partial charge in [-0.15, -0.1) is 0 Å². The zero-order chi connectivity index (χ0) is 20.0. The van der Waals surface area contributed by atoms with Crippen LogP contribution in [0.4, 0.5) is 0 Å². The molecule has 0 amide bonds. The van der Waals surface area contributed by atoms with Gasteiger partial charge in [-0.3, -0.25) is 4.99 Å². The quantitative estimate of drug-likeness (QED) is 0.326. The van der Waals surface area contributed by atoms with Crippen molar-refractivity contribution in [1.29, 1.82) is 0 Å². The van der Waals surface area contributed by atoms with Crippen molar-refractivity contribution in [2.45, 2.75) is 45.6 Å². The van der Waals surface area contributed by atoms with Gasteiger partial charge in [-0.1, -0.05) is 12.1 Å². The van der Waals surface area contributed by atoms with Crippen LogP contribution in [0.3, 0.4) is 0 Å². The van der Waals surface area contributed by atoms with E-state index in [1.807, 2.05) is 7.05 Å². The molecule has 0 bridgehead atoms. The Bertz CT molecular complexity index is 586. The first kappa shape index (κ1) is 22.5. The summed E-state index contributed by atoms with van der Waals surface area (Å²) >= 11 is 0. The number of benzene rings is 1. The molecule has 1 fully saturated rings. The van der Waals surface area contributed by atoms with Crippen LogP contribution in [0.15, 0.2) is 23.2 Å². The van der Waals surface area contributed by atoms with Gasteiger partial charge in [0.1, 0.15) is 5.75 Å². The van der Waals surface area contributed by atoms with Crippen molar-refractivity contribution in [2.75, 3.05) is 53.6 Å². The number of nitrogens with one attached hydrogen (secondary N) is 2. The largest absolute Gasteiger partial charge is 0.493 e. The summed E-state index contributed by atoms with van der Waals surface area (Å²) in [4.78, 5) is 6.91. The van der Waals surface area contributed by atoms with Gasteiger partial charge in [-0.2, -0.15) is 0 Å². The molecule has 28 heavy (non-hydrogen) atoms. The third kappa shape index (κ3) is 8.48. The second-order valence-corrected chi connectivity index (χ2v) is 7.41. The molecule has 0 aromatic heterocycles. The highest BCUT2D eigenvalue weighted by atomic mass is 16.5. The second kappa shape index (κ2) is 13.4. The standard InChI is InChI=1S/C22H38N4O2/c1-19-9-10-20(21(17-19)28-16-8-15-27-3)18-25-22(23-2)24-11-4-5-12-26-13-6-7-14-26/h9-10,17H,4-8,11-16,18H2,1-3H3,(H2,23,24,25). The number of nitrogens with zero attached hydrogens (tertiary/aromatic N) is 2. The number of aliphatic imine (C=N–C) groups is 1. The minimum Gasteiger partial charge on any atom is -0.493 e. The summed E-state index contributed by atoms with van der Waals surface area (Å²) in [5, 5.41) is 6.82. The number of methoxy groups -OCH3 is 1.